The maximum atomic E-state index is 12.5. The normalized spacial score (nSPS) is 13.7. The molecule has 0 bridgehead atoms. The van der Waals surface area contributed by atoms with Crippen molar-refractivity contribution in [3.05, 3.63) is 59.7 Å². The minimum atomic E-state index is -0.0761. The van der Waals surface area contributed by atoms with Gasteiger partial charge in [-0.3, -0.25) is 4.79 Å². The molecule has 0 radical (unpaired) electrons. The minimum absolute atomic E-state index is 0.0196. The van der Waals surface area contributed by atoms with Gasteiger partial charge in [-0.2, -0.15) is 5.26 Å². The highest BCUT2D eigenvalue weighted by molar-refractivity contribution is 5.77. The standard InChI is InChI=1S/C22H25N3O2/c1-24(22(26)17-27-20-11-9-18(15-23)10-12-20)16-19-7-3-4-8-21(19)25-13-5-2-6-14-25/h3-4,7-12H,2,5-6,13-14,16-17H2,1H3. The summed E-state index contributed by atoms with van der Waals surface area (Å²) in [5.41, 5.74) is 2.96. The van der Waals surface area contributed by atoms with Crippen molar-refractivity contribution in [3.8, 4) is 11.8 Å². The van der Waals surface area contributed by atoms with Gasteiger partial charge in [0.05, 0.1) is 11.6 Å². The lowest BCUT2D eigenvalue weighted by molar-refractivity contribution is -0.132. The Hall–Kier alpha value is -3.00. The van der Waals surface area contributed by atoms with Gasteiger partial charge in [0.25, 0.3) is 5.91 Å². The number of benzene rings is 2. The lowest BCUT2D eigenvalue weighted by Gasteiger charge is -2.31. The van der Waals surface area contributed by atoms with Gasteiger partial charge in [0.2, 0.25) is 0 Å². The molecule has 0 saturated carbocycles. The fourth-order valence-electron chi connectivity index (χ4n) is 3.31. The van der Waals surface area contributed by atoms with E-state index in [9.17, 15) is 4.79 Å². The van der Waals surface area contributed by atoms with Crippen molar-refractivity contribution in [2.75, 3.05) is 31.6 Å². The van der Waals surface area contributed by atoms with E-state index in [1.165, 1.54) is 24.9 Å². The van der Waals surface area contributed by atoms with E-state index < -0.39 is 0 Å². The van der Waals surface area contributed by atoms with Crippen LogP contribution in [0.2, 0.25) is 0 Å². The van der Waals surface area contributed by atoms with Crippen LogP contribution in [0.4, 0.5) is 5.69 Å². The van der Waals surface area contributed by atoms with Crippen LogP contribution in [-0.2, 0) is 11.3 Å². The molecule has 1 aliphatic heterocycles. The van der Waals surface area contributed by atoms with Gasteiger partial charge in [-0.1, -0.05) is 18.2 Å². The number of anilines is 1. The molecule has 1 saturated heterocycles. The molecule has 140 valence electrons. The molecule has 3 rings (SSSR count). The van der Waals surface area contributed by atoms with Crippen LogP contribution in [0.25, 0.3) is 0 Å². The topological polar surface area (TPSA) is 56.6 Å². The molecular weight excluding hydrogens is 338 g/mol. The molecular formula is C22H25N3O2. The number of hydrogen-bond acceptors (Lipinski definition) is 4. The molecule has 0 aliphatic carbocycles. The average molecular weight is 363 g/mol. The van der Waals surface area contributed by atoms with Crippen LogP contribution in [-0.4, -0.2) is 37.6 Å². The molecule has 5 heteroatoms. The lowest BCUT2D eigenvalue weighted by atomic mass is 10.1. The SMILES string of the molecule is CN(Cc1ccccc1N1CCCCC1)C(=O)COc1ccc(C#N)cc1. The van der Waals surface area contributed by atoms with Crippen LogP contribution in [0.1, 0.15) is 30.4 Å². The number of likely N-dealkylation sites (N-methyl/N-ethyl adjacent to an activating group) is 1. The number of ether oxygens (including phenoxy) is 1. The molecule has 0 N–H and O–H groups in total. The summed E-state index contributed by atoms with van der Waals surface area (Å²) in [6.45, 7) is 2.70. The van der Waals surface area contributed by atoms with Gasteiger partial charge in [-0.25, -0.2) is 0 Å². The van der Waals surface area contributed by atoms with E-state index in [1.807, 2.05) is 6.07 Å². The number of amides is 1. The fourth-order valence-corrected chi connectivity index (χ4v) is 3.31. The quantitative estimate of drug-likeness (QED) is 0.787. The van der Waals surface area contributed by atoms with Crippen molar-refractivity contribution in [3.63, 3.8) is 0 Å². The number of para-hydroxylation sites is 1. The van der Waals surface area contributed by atoms with E-state index in [2.05, 4.69) is 29.2 Å². The fraction of sp³-hybridized carbons (Fsp3) is 0.364. The lowest BCUT2D eigenvalue weighted by Crippen LogP contribution is -2.33. The van der Waals surface area contributed by atoms with Gasteiger partial charge in [-0.05, 0) is 55.2 Å². The summed E-state index contributed by atoms with van der Waals surface area (Å²) in [6, 6.07) is 17.2. The van der Waals surface area contributed by atoms with E-state index in [-0.39, 0.29) is 12.5 Å². The first kappa shape index (κ1) is 18.8. The first-order valence-corrected chi connectivity index (χ1v) is 9.37. The monoisotopic (exact) mass is 363 g/mol. The molecule has 1 amide bonds. The Morgan fingerprint density at radius 2 is 1.81 bits per heavy atom. The summed E-state index contributed by atoms with van der Waals surface area (Å²) in [5.74, 6) is 0.511. The van der Waals surface area contributed by atoms with Gasteiger partial charge in [0.1, 0.15) is 5.75 Å². The van der Waals surface area contributed by atoms with Crippen molar-refractivity contribution < 1.29 is 9.53 Å². The summed E-state index contributed by atoms with van der Waals surface area (Å²) in [4.78, 5) is 16.6. The summed E-state index contributed by atoms with van der Waals surface area (Å²) in [6.07, 6.45) is 3.74. The number of nitriles is 1. The third kappa shape index (κ3) is 5.01. The van der Waals surface area contributed by atoms with E-state index in [4.69, 9.17) is 10.00 Å². The van der Waals surface area contributed by atoms with E-state index >= 15 is 0 Å². The zero-order valence-corrected chi connectivity index (χ0v) is 15.7. The van der Waals surface area contributed by atoms with E-state index in [0.29, 0.717) is 17.9 Å². The molecule has 0 aromatic heterocycles. The predicted molar refractivity (Wildman–Crippen MR) is 106 cm³/mol. The molecule has 0 atom stereocenters. The van der Waals surface area contributed by atoms with Crippen molar-refractivity contribution in [1.82, 2.24) is 4.90 Å². The second-order valence-corrected chi connectivity index (χ2v) is 6.85. The van der Waals surface area contributed by atoms with E-state index in [1.54, 1.807) is 36.2 Å². The van der Waals surface area contributed by atoms with Crippen LogP contribution in [0.5, 0.6) is 5.75 Å². The van der Waals surface area contributed by atoms with Gasteiger partial charge < -0.3 is 14.5 Å². The third-order valence-electron chi connectivity index (χ3n) is 4.87. The van der Waals surface area contributed by atoms with Gasteiger partial charge in [-0.15, -0.1) is 0 Å². The first-order chi connectivity index (χ1) is 13.2. The molecule has 1 heterocycles. The molecule has 27 heavy (non-hydrogen) atoms. The molecule has 1 fully saturated rings. The van der Waals surface area contributed by atoms with E-state index in [0.717, 1.165) is 18.7 Å². The average Bonchev–Trinajstić information content (AvgIpc) is 2.73. The number of nitrogens with zero attached hydrogens (tertiary/aromatic N) is 3. The Morgan fingerprint density at radius 1 is 1.11 bits per heavy atom. The minimum Gasteiger partial charge on any atom is -0.484 e. The van der Waals surface area contributed by atoms with Crippen molar-refractivity contribution >= 4 is 11.6 Å². The van der Waals surface area contributed by atoms with Crippen LogP contribution in [0.15, 0.2) is 48.5 Å². The maximum absolute atomic E-state index is 12.5. The first-order valence-electron chi connectivity index (χ1n) is 9.37. The Bertz CT molecular complexity index is 805. The third-order valence-corrected chi connectivity index (χ3v) is 4.87. The molecule has 5 nitrogen and oxygen atoms in total. The van der Waals surface area contributed by atoms with Gasteiger partial charge in [0.15, 0.2) is 6.61 Å². The number of piperidine rings is 1. The highest BCUT2D eigenvalue weighted by Gasteiger charge is 2.17. The Balaban J connectivity index is 1.58. The van der Waals surface area contributed by atoms with Gasteiger partial charge in [0, 0.05) is 32.4 Å². The summed E-state index contributed by atoms with van der Waals surface area (Å²) < 4.78 is 5.56. The second-order valence-electron chi connectivity index (χ2n) is 6.85. The number of hydrogen-bond donors (Lipinski definition) is 0. The van der Waals surface area contributed by atoms with Crippen LogP contribution < -0.4 is 9.64 Å². The number of carbonyl (C=O) groups is 1. The van der Waals surface area contributed by atoms with Crippen molar-refractivity contribution in [2.24, 2.45) is 0 Å². The van der Waals surface area contributed by atoms with Crippen LogP contribution in [0.3, 0.4) is 0 Å². The van der Waals surface area contributed by atoms with Crippen molar-refractivity contribution in [1.29, 1.82) is 5.26 Å². The Morgan fingerprint density at radius 3 is 2.52 bits per heavy atom. The number of carbonyl (C=O) groups excluding carboxylic acids is 1. The molecule has 1 aliphatic rings. The van der Waals surface area contributed by atoms with Gasteiger partial charge >= 0.3 is 0 Å². The molecule has 2 aromatic rings. The Kier molecular flexibility index (Phi) is 6.32. The zero-order valence-electron chi connectivity index (χ0n) is 15.7. The summed E-state index contributed by atoms with van der Waals surface area (Å²) in [5, 5.41) is 8.82. The highest BCUT2D eigenvalue weighted by atomic mass is 16.5. The Labute approximate surface area is 160 Å². The largest absolute Gasteiger partial charge is 0.484 e. The van der Waals surface area contributed by atoms with Crippen molar-refractivity contribution in [2.45, 2.75) is 25.8 Å². The van der Waals surface area contributed by atoms with Crippen LogP contribution >= 0.6 is 0 Å². The maximum Gasteiger partial charge on any atom is 0.260 e. The molecule has 2 aromatic carbocycles. The summed E-state index contributed by atoms with van der Waals surface area (Å²) >= 11 is 0. The summed E-state index contributed by atoms with van der Waals surface area (Å²) in [7, 11) is 1.80. The second kappa shape index (κ2) is 9.09. The van der Waals surface area contributed by atoms with Crippen LogP contribution in [0, 0.1) is 11.3 Å². The highest BCUT2D eigenvalue weighted by Crippen LogP contribution is 2.25. The molecule has 0 unspecified atom stereocenters. The number of rotatable bonds is 6. The smallest absolute Gasteiger partial charge is 0.260 e. The zero-order chi connectivity index (χ0) is 19.1. The molecule has 0 spiro atoms. The predicted octanol–water partition coefficient (Wildman–Crippen LogP) is 3.59.